The number of rotatable bonds is 13. The summed E-state index contributed by atoms with van der Waals surface area (Å²) in [6.45, 7) is 5.56. The summed E-state index contributed by atoms with van der Waals surface area (Å²) in [5, 5.41) is 14.3. The Morgan fingerprint density at radius 2 is 1.58 bits per heavy atom. The molecular weight excluding hydrogens is 448 g/mol. The Morgan fingerprint density at radius 1 is 1.03 bits per heavy atom. The molecular formula is C23H37ClN4O5. The van der Waals surface area contributed by atoms with Crippen molar-refractivity contribution in [1.29, 1.82) is 0 Å². The molecule has 0 saturated heterocycles. The van der Waals surface area contributed by atoms with Gasteiger partial charge in [-0.15, -0.1) is 0 Å². The van der Waals surface area contributed by atoms with Crippen LogP contribution in [0.5, 0.6) is 0 Å². The highest BCUT2D eigenvalue weighted by Crippen LogP contribution is 2.09. The van der Waals surface area contributed by atoms with Crippen LogP contribution in [-0.2, 0) is 25.6 Å². The molecule has 7 N–H and O–H groups in total. The number of carboxylic acid groups (broad SMARTS) is 1. The lowest BCUT2D eigenvalue weighted by Crippen LogP contribution is -2.56. The first-order valence-electron chi connectivity index (χ1n) is 11.0. The summed E-state index contributed by atoms with van der Waals surface area (Å²) < 4.78 is 0. The van der Waals surface area contributed by atoms with E-state index in [1.54, 1.807) is 0 Å². The van der Waals surface area contributed by atoms with Crippen molar-refractivity contribution in [2.45, 2.75) is 71.0 Å². The molecule has 0 aliphatic heterocycles. The highest BCUT2D eigenvalue weighted by Gasteiger charge is 2.29. The van der Waals surface area contributed by atoms with Crippen molar-refractivity contribution in [2.75, 3.05) is 6.54 Å². The van der Waals surface area contributed by atoms with Gasteiger partial charge < -0.3 is 27.2 Å². The van der Waals surface area contributed by atoms with E-state index in [2.05, 4.69) is 22.2 Å². The number of carbonyl (C=O) groups is 4. The van der Waals surface area contributed by atoms with Crippen molar-refractivity contribution in [3.8, 4) is 0 Å². The number of amides is 2. The second-order valence-corrected chi connectivity index (χ2v) is 8.35. The number of hydrogen-bond donors (Lipinski definition) is 5. The predicted molar refractivity (Wildman–Crippen MR) is 129 cm³/mol. The third-order valence-electron chi connectivity index (χ3n) is 5.04. The molecule has 1 rings (SSSR count). The summed E-state index contributed by atoms with van der Waals surface area (Å²) in [5.41, 5.74) is 12.3. The van der Waals surface area contributed by atoms with Gasteiger partial charge in [0.1, 0.15) is 12.1 Å². The van der Waals surface area contributed by atoms with Crippen molar-refractivity contribution in [3.05, 3.63) is 35.9 Å². The van der Waals surface area contributed by atoms with Gasteiger partial charge in [-0.05, 0) is 48.9 Å². The minimum atomic E-state index is -1.11. The van der Waals surface area contributed by atoms with Crippen LogP contribution in [-0.4, -0.2) is 52.8 Å². The molecule has 1 aromatic rings. The van der Waals surface area contributed by atoms with E-state index < -0.39 is 35.9 Å². The average molecular weight is 485 g/mol. The summed E-state index contributed by atoms with van der Waals surface area (Å²) >= 11 is 4.64. The average Bonchev–Trinajstić information content (AvgIpc) is 2.77. The molecule has 186 valence electrons. The summed E-state index contributed by atoms with van der Waals surface area (Å²) in [4.78, 5) is 46.1. The highest BCUT2D eigenvalue weighted by molar-refractivity contribution is 6.62. The molecule has 2 amide bonds. The van der Waals surface area contributed by atoms with Gasteiger partial charge in [-0.1, -0.05) is 50.6 Å². The van der Waals surface area contributed by atoms with E-state index in [4.69, 9.17) is 11.5 Å². The first-order valence-corrected chi connectivity index (χ1v) is 11.4. The van der Waals surface area contributed by atoms with E-state index >= 15 is 0 Å². The number of hydrogen-bond acceptors (Lipinski definition) is 6. The number of nitrogens with two attached hydrogens (primary N) is 2. The van der Waals surface area contributed by atoms with Crippen LogP contribution >= 0.6 is 11.6 Å². The van der Waals surface area contributed by atoms with Crippen LogP contribution in [0, 0.1) is 5.92 Å². The molecule has 1 aromatic carbocycles. The molecule has 0 aliphatic rings. The van der Waals surface area contributed by atoms with Crippen LogP contribution in [0.1, 0.15) is 52.0 Å². The van der Waals surface area contributed by atoms with E-state index in [0.717, 1.165) is 12.0 Å². The number of aliphatic carboxylic acids is 1. The molecule has 0 saturated carbocycles. The van der Waals surface area contributed by atoms with E-state index in [-0.39, 0.29) is 24.0 Å². The normalized spacial score (nSPS) is 14.0. The van der Waals surface area contributed by atoms with Crippen LogP contribution in [0.2, 0.25) is 0 Å². The minimum absolute atomic E-state index is 0.0431. The summed E-state index contributed by atoms with van der Waals surface area (Å²) in [6, 6.07) is 6.52. The van der Waals surface area contributed by atoms with E-state index in [9.17, 15) is 24.3 Å². The van der Waals surface area contributed by atoms with Crippen molar-refractivity contribution in [1.82, 2.24) is 10.6 Å². The number of unbranched alkanes of at least 4 members (excludes halogenated alkanes) is 1. The summed E-state index contributed by atoms with van der Waals surface area (Å²) in [5.74, 6) is -2.13. The Morgan fingerprint density at radius 3 is 2.06 bits per heavy atom. The van der Waals surface area contributed by atoms with Crippen LogP contribution in [0.3, 0.4) is 0 Å². The topological polar surface area (TPSA) is 165 Å². The maximum atomic E-state index is 12.8. The third kappa shape index (κ3) is 13.6. The van der Waals surface area contributed by atoms with E-state index in [0.29, 0.717) is 19.4 Å². The largest absolute Gasteiger partial charge is 0.480 e. The van der Waals surface area contributed by atoms with Gasteiger partial charge in [-0.3, -0.25) is 14.4 Å². The fraction of sp³-hybridized carbons (Fsp3) is 0.565. The molecule has 0 radical (unpaired) electrons. The number of carbonyl (C=O) groups excluding carboxylic acids is 3. The Kier molecular flexibility index (Phi) is 15.8. The zero-order valence-corrected chi connectivity index (χ0v) is 20.3. The zero-order chi connectivity index (χ0) is 25.4. The van der Waals surface area contributed by atoms with Gasteiger partial charge in [-0.2, -0.15) is 0 Å². The Balaban J connectivity index is 0.00000235. The first kappa shape index (κ1) is 30.5. The smallest absolute Gasteiger partial charge is 0.326 e. The lowest BCUT2D eigenvalue weighted by atomic mass is 9.98. The fourth-order valence-corrected chi connectivity index (χ4v) is 2.86. The van der Waals surface area contributed by atoms with Crippen molar-refractivity contribution >= 4 is 34.6 Å². The zero-order valence-electron chi connectivity index (χ0n) is 19.6. The van der Waals surface area contributed by atoms with Crippen LogP contribution in [0.4, 0.5) is 0 Å². The molecule has 4 unspecified atom stereocenters. The van der Waals surface area contributed by atoms with Gasteiger partial charge in [0.2, 0.25) is 17.1 Å². The van der Waals surface area contributed by atoms with E-state index in [1.807, 2.05) is 44.2 Å². The van der Waals surface area contributed by atoms with Crippen molar-refractivity contribution in [3.63, 3.8) is 0 Å². The van der Waals surface area contributed by atoms with Gasteiger partial charge in [0.25, 0.3) is 0 Å². The molecule has 0 aliphatic carbocycles. The third-order valence-corrected chi connectivity index (χ3v) is 5.04. The lowest BCUT2D eigenvalue weighted by molar-refractivity contribution is -0.142. The molecule has 4 atom stereocenters. The molecule has 9 nitrogen and oxygen atoms in total. The maximum absolute atomic E-state index is 12.8. The van der Waals surface area contributed by atoms with Gasteiger partial charge in [-0.25, -0.2) is 4.79 Å². The predicted octanol–water partition coefficient (Wildman–Crippen LogP) is 1.56. The number of nitrogens with one attached hydrogen (secondary N) is 2. The quantitative estimate of drug-likeness (QED) is 0.209. The number of halogens is 1. The van der Waals surface area contributed by atoms with Gasteiger partial charge in [0.05, 0.1) is 6.04 Å². The molecule has 0 aromatic heterocycles. The second kappa shape index (κ2) is 17.0. The molecule has 33 heavy (non-hydrogen) atoms. The lowest BCUT2D eigenvalue weighted by Gasteiger charge is -2.24. The van der Waals surface area contributed by atoms with Gasteiger partial charge in [0.15, 0.2) is 0 Å². The standard InChI is InChI=1S/C21H34N4O4.C2H3ClO/c1-3-14(2)18(23)20(27)25-17(13-15-9-5-4-6-10-15)19(26)24-16(21(28)29)11-7-8-12-22;1-2(3)4/h4-6,9-10,14,16-18H,3,7-8,11-13,22-23H2,1-2H3,(H,24,26)(H,25,27)(H,28,29);1H3. The first-order chi connectivity index (χ1) is 15.5. The van der Waals surface area contributed by atoms with Crippen molar-refractivity contribution in [2.24, 2.45) is 17.4 Å². The van der Waals surface area contributed by atoms with E-state index in [1.165, 1.54) is 6.92 Å². The Bertz CT molecular complexity index is 744. The van der Waals surface area contributed by atoms with Gasteiger partial charge >= 0.3 is 5.97 Å². The van der Waals surface area contributed by atoms with Crippen LogP contribution < -0.4 is 22.1 Å². The van der Waals surface area contributed by atoms with Crippen molar-refractivity contribution < 1.29 is 24.3 Å². The second-order valence-electron chi connectivity index (χ2n) is 7.82. The monoisotopic (exact) mass is 484 g/mol. The molecule has 0 bridgehead atoms. The number of carboxylic acids is 1. The molecule has 0 spiro atoms. The SMILES string of the molecule is CC(=O)Cl.CCC(C)C(N)C(=O)NC(Cc1ccccc1)C(=O)NC(CCCCN)C(=O)O. The van der Waals surface area contributed by atoms with Crippen LogP contribution in [0.25, 0.3) is 0 Å². The molecule has 0 heterocycles. The highest BCUT2D eigenvalue weighted by atomic mass is 35.5. The fourth-order valence-electron chi connectivity index (χ4n) is 2.86. The Labute approximate surface area is 200 Å². The summed E-state index contributed by atoms with van der Waals surface area (Å²) in [6.07, 6.45) is 2.50. The Hall–Kier alpha value is -2.49. The van der Waals surface area contributed by atoms with Gasteiger partial charge in [0, 0.05) is 13.3 Å². The molecule has 0 fully saturated rings. The minimum Gasteiger partial charge on any atom is -0.480 e. The maximum Gasteiger partial charge on any atom is 0.326 e. The number of benzene rings is 1. The summed E-state index contributed by atoms with van der Waals surface area (Å²) in [7, 11) is 0. The molecule has 10 heteroatoms. The van der Waals surface area contributed by atoms with Crippen LogP contribution in [0.15, 0.2) is 30.3 Å².